The maximum Gasteiger partial charge on any atom is 0.410 e. The summed E-state index contributed by atoms with van der Waals surface area (Å²) in [5, 5.41) is 7.82. The maximum atomic E-state index is 12.1. The fourth-order valence-corrected chi connectivity index (χ4v) is 3.15. The third-order valence-corrected chi connectivity index (χ3v) is 4.37. The van der Waals surface area contributed by atoms with E-state index in [0.29, 0.717) is 23.2 Å². The highest BCUT2D eigenvalue weighted by Crippen LogP contribution is 2.20. The van der Waals surface area contributed by atoms with Gasteiger partial charge in [0.1, 0.15) is 5.60 Å². The Kier molecular flexibility index (Phi) is 6.52. The molecule has 0 aliphatic carbocycles. The zero-order chi connectivity index (χ0) is 18.6. The van der Waals surface area contributed by atoms with E-state index in [9.17, 15) is 4.79 Å². The van der Waals surface area contributed by atoms with Crippen LogP contribution in [0.3, 0.4) is 0 Å². The van der Waals surface area contributed by atoms with Crippen LogP contribution in [-0.4, -0.2) is 40.8 Å². The Labute approximate surface area is 160 Å². The van der Waals surface area contributed by atoms with Gasteiger partial charge in [0.2, 0.25) is 0 Å². The molecule has 0 unspecified atom stereocenters. The first-order valence-electron chi connectivity index (χ1n) is 8.45. The highest BCUT2D eigenvalue weighted by atomic mass is 35.5. The summed E-state index contributed by atoms with van der Waals surface area (Å²) in [6.45, 7) is 8.94. The van der Waals surface area contributed by atoms with Crippen LogP contribution in [0.4, 0.5) is 10.5 Å². The van der Waals surface area contributed by atoms with Gasteiger partial charge < -0.3 is 20.3 Å². The van der Waals surface area contributed by atoms with E-state index in [1.807, 2.05) is 45.9 Å². The molecule has 0 aromatic heterocycles. The lowest BCUT2D eigenvalue weighted by atomic mass is 10.1. The van der Waals surface area contributed by atoms with Crippen molar-refractivity contribution >= 4 is 40.7 Å². The van der Waals surface area contributed by atoms with Crippen molar-refractivity contribution in [2.45, 2.75) is 52.2 Å². The molecule has 0 saturated carbocycles. The second-order valence-electron chi connectivity index (χ2n) is 7.30. The third-order valence-electron chi connectivity index (χ3n) is 3.92. The number of hydrogen-bond donors (Lipinski definition) is 2. The Morgan fingerprint density at radius 2 is 1.96 bits per heavy atom. The van der Waals surface area contributed by atoms with Gasteiger partial charge in [-0.25, -0.2) is 4.79 Å². The zero-order valence-corrected chi connectivity index (χ0v) is 16.8. The zero-order valence-electron chi connectivity index (χ0n) is 15.2. The molecule has 1 aromatic rings. The summed E-state index contributed by atoms with van der Waals surface area (Å²) in [6, 6.07) is 5.88. The van der Waals surface area contributed by atoms with E-state index < -0.39 is 5.60 Å². The van der Waals surface area contributed by atoms with Gasteiger partial charge in [-0.1, -0.05) is 11.6 Å². The molecule has 25 heavy (non-hydrogen) atoms. The lowest BCUT2D eigenvalue weighted by Crippen LogP contribution is -2.48. The van der Waals surface area contributed by atoms with Crippen LogP contribution in [0.1, 0.15) is 39.2 Å². The van der Waals surface area contributed by atoms with Gasteiger partial charge in [-0.3, -0.25) is 0 Å². The second kappa shape index (κ2) is 8.23. The van der Waals surface area contributed by atoms with Crippen LogP contribution in [0.15, 0.2) is 18.2 Å². The number of anilines is 1. The van der Waals surface area contributed by atoms with Gasteiger partial charge in [0, 0.05) is 29.8 Å². The van der Waals surface area contributed by atoms with Crippen molar-refractivity contribution in [2.75, 3.05) is 18.4 Å². The molecule has 1 saturated heterocycles. The minimum Gasteiger partial charge on any atom is -0.444 e. The van der Waals surface area contributed by atoms with Crippen LogP contribution < -0.4 is 10.6 Å². The number of nitrogens with one attached hydrogen (secondary N) is 2. The number of hydrogen-bond acceptors (Lipinski definition) is 3. The Morgan fingerprint density at radius 3 is 2.52 bits per heavy atom. The average Bonchev–Trinajstić information content (AvgIpc) is 2.49. The van der Waals surface area contributed by atoms with Crippen molar-refractivity contribution in [2.24, 2.45) is 0 Å². The van der Waals surface area contributed by atoms with E-state index in [-0.39, 0.29) is 12.1 Å². The number of halogens is 1. The maximum absolute atomic E-state index is 12.1. The van der Waals surface area contributed by atoms with Crippen LogP contribution in [-0.2, 0) is 4.74 Å². The largest absolute Gasteiger partial charge is 0.444 e. The van der Waals surface area contributed by atoms with Crippen molar-refractivity contribution in [3.05, 3.63) is 28.8 Å². The van der Waals surface area contributed by atoms with E-state index in [1.54, 1.807) is 4.90 Å². The molecule has 1 aromatic carbocycles. The van der Waals surface area contributed by atoms with Gasteiger partial charge in [0.25, 0.3) is 0 Å². The second-order valence-corrected chi connectivity index (χ2v) is 8.14. The molecule has 0 radical (unpaired) electrons. The molecule has 7 heteroatoms. The SMILES string of the molecule is Cc1cc(Cl)ccc1NC(=S)NC1CCN(C(=O)OC(C)(C)C)CC1. The monoisotopic (exact) mass is 383 g/mol. The third kappa shape index (κ3) is 6.36. The number of carbonyl (C=O) groups is 1. The minimum absolute atomic E-state index is 0.242. The summed E-state index contributed by atoms with van der Waals surface area (Å²) >= 11 is 11.4. The van der Waals surface area contributed by atoms with Crippen LogP contribution in [0.2, 0.25) is 5.02 Å². The van der Waals surface area contributed by atoms with E-state index in [0.717, 1.165) is 24.1 Å². The van der Waals surface area contributed by atoms with Gasteiger partial charge in [-0.15, -0.1) is 0 Å². The fourth-order valence-electron chi connectivity index (χ4n) is 2.64. The molecule has 138 valence electrons. The average molecular weight is 384 g/mol. The number of thiocarbonyl (C=S) groups is 1. The topological polar surface area (TPSA) is 53.6 Å². The molecular formula is C18H26ClN3O2S. The number of nitrogens with zero attached hydrogens (tertiary/aromatic N) is 1. The quantitative estimate of drug-likeness (QED) is 0.744. The van der Waals surface area contributed by atoms with Gasteiger partial charge in [0.05, 0.1) is 0 Å². The molecule has 1 aliphatic heterocycles. The Balaban J connectivity index is 1.79. The van der Waals surface area contributed by atoms with Gasteiger partial charge in [0.15, 0.2) is 5.11 Å². The first kappa shape index (κ1) is 19.8. The summed E-state index contributed by atoms with van der Waals surface area (Å²) in [7, 11) is 0. The molecule has 1 fully saturated rings. The molecule has 2 rings (SSSR count). The molecule has 1 aliphatic rings. The molecule has 0 spiro atoms. The standard InChI is InChI=1S/C18H26ClN3O2S/c1-12-11-13(19)5-6-15(12)21-16(25)20-14-7-9-22(10-8-14)17(23)24-18(2,3)4/h5-6,11,14H,7-10H2,1-4H3,(H2,20,21,25). The minimum atomic E-state index is -0.464. The van der Waals surface area contributed by atoms with E-state index in [2.05, 4.69) is 10.6 Å². The van der Waals surface area contributed by atoms with Crippen molar-refractivity contribution in [1.82, 2.24) is 10.2 Å². The number of ether oxygens (including phenoxy) is 1. The van der Waals surface area contributed by atoms with Crippen LogP contribution in [0, 0.1) is 6.92 Å². The lowest BCUT2D eigenvalue weighted by molar-refractivity contribution is 0.0203. The number of benzene rings is 1. The number of piperidine rings is 1. The Morgan fingerprint density at radius 1 is 1.32 bits per heavy atom. The number of amides is 1. The molecule has 1 heterocycles. The summed E-state index contributed by atoms with van der Waals surface area (Å²) in [4.78, 5) is 13.8. The van der Waals surface area contributed by atoms with Crippen LogP contribution >= 0.6 is 23.8 Å². The first-order valence-corrected chi connectivity index (χ1v) is 9.24. The predicted octanol–water partition coefficient (Wildman–Crippen LogP) is 4.33. The highest BCUT2D eigenvalue weighted by molar-refractivity contribution is 7.80. The summed E-state index contributed by atoms with van der Waals surface area (Å²) in [6.07, 6.45) is 1.42. The van der Waals surface area contributed by atoms with Crippen LogP contribution in [0.5, 0.6) is 0 Å². The van der Waals surface area contributed by atoms with E-state index in [1.165, 1.54) is 0 Å². The number of rotatable bonds is 2. The fraction of sp³-hybridized carbons (Fsp3) is 0.556. The molecule has 0 bridgehead atoms. The number of carbonyl (C=O) groups excluding carboxylic acids is 1. The number of likely N-dealkylation sites (tertiary alicyclic amines) is 1. The highest BCUT2D eigenvalue weighted by Gasteiger charge is 2.27. The van der Waals surface area contributed by atoms with Gasteiger partial charge >= 0.3 is 6.09 Å². The number of aryl methyl sites for hydroxylation is 1. The van der Waals surface area contributed by atoms with Crippen molar-refractivity contribution in [1.29, 1.82) is 0 Å². The molecule has 1 amide bonds. The van der Waals surface area contributed by atoms with E-state index >= 15 is 0 Å². The van der Waals surface area contributed by atoms with Crippen LogP contribution in [0.25, 0.3) is 0 Å². The Bertz CT molecular complexity index is 638. The smallest absolute Gasteiger partial charge is 0.410 e. The molecule has 2 N–H and O–H groups in total. The first-order chi connectivity index (χ1) is 11.6. The Hall–Kier alpha value is -1.53. The van der Waals surface area contributed by atoms with Crippen molar-refractivity contribution in [3.63, 3.8) is 0 Å². The summed E-state index contributed by atoms with van der Waals surface area (Å²) in [5.74, 6) is 0. The predicted molar refractivity (Wildman–Crippen MR) is 106 cm³/mol. The van der Waals surface area contributed by atoms with Crippen molar-refractivity contribution < 1.29 is 9.53 Å². The van der Waals surface area contributed by atoms with Gasteiger partial charge in [-0.2, -0.15) is 0 Å². The summed E-state index contributed by atoms with van der Waals surface area (Å²) < 4.78 is 5.41. The van der Waals surface area contributed by atoms with E-state index in [4.69, 9.17) is 28.6 Å². The molecular weight excluding hydrogens is 358 g/mol. The van der Waals surface area contributed by atoms with Crippen molar-refractivity contribution in [3.8, 4) is 0 Å². The molecule has 5 nitrogen and oxygen atoms in total. The normalized spacial score (nSPS) is 15.6. The van der Waals surface area contributed by atoms with Gasteiger partial charge in [-0.05, 0) is 76.5 Å². The summed E-state index contributed by atoms with van der Waals surface area (Å²) in [5.41, 5.74) is 1.51. The molecule has 0 atom stereocenters. The lowest BCUT2D eigenvalue weighted by Gasteiger charge is -2.34.